The van der Waals surface area contributed by atoms with E-state index in [0.29, 0.717) is 0 Å². The molecule has 0 saturated heterocycles. The fourth-order valence-corrected chi connectivity index (χ4v) is 2.20. The third kappa shape index (κ3) is 4.53. The largest absolute Gasteiger partial charge is 0.452 e. The number of aryl methyl sites for hydroxylation is 2. The number of rotatable bonds is 5. The quantitative estimate of drug-likeness (QED) is 0.673. The number of carbonyl (C=O) groups excluding carboxylic acids is 2. The van der Waals surface area contributed by atoms with E-state index in [0.717, 1.165) is 23.2 Å². The molecule has 1 aromatic carbocycles. The zero-order chi connectivity index (χ0) is 16.8. The molecular formula is C17H17ClN2O3. The van der Waals surface area contributed by atoms with E-state index in [1.54, 1.807) is 0 Å². The molecule has 1 N–H and O–H groups in total. The second kappa shape index (κ2) is 7.74. The van der Waals surface area contributed by atoms with Crippen molar-refractivity contribution in [2.24, 2.45) is 0 Å². The van der Waals surface area contributed by atoms with Gasteiger partial charge in [-0.05, 0) is 36.6 Å². The Balaban J connectivity index is 1.95. The van der Waals surface area contributed by atoms with Crippen molar-refractivity contribution < 1.29 is 14.3 Å². The summed E-state index contributed by atoms with van der Waals surface area (Å²) >= 11 is 5.65. The lowest BCUT2D eigenvalue weighted by Gasteiger charge is -2.13. The van der Waals surface area contributed by atoms with E-state index < -0.39 is 5.97 Å². The van der Waals surface area contributed by atoms with Crippen LogP contribution in [0.2, 0.25) is 5.15 Å². The van der Waals surface area contributed by atoms with E-state index >= 15 is 0 Å². The van der Waals surface area contributed by atoms with Gasteiger partial charge in [0.25, 0.3) is 5.91 Å². The van der Waals surface area contributed by atoms with Crippen molar-refractivity contribution >= 4 is 29.2 Å². The molecular weight excluding hydrogens is 316 g/mol. The molecule has 1 heterocycles. The molecule has 0 saturated carbocycles. The van der Waals surface area contributed by atoms with Crippen LogP contribution in [0.1, 0.15) is 28.4 Å². The number of nitrogens with zero attached hydrogens (tertiary/aromatic N) is 1. The third-order valence-corrected chi connectivity index (χ3v) is 3.53. The summed E-state index contributed by atoms with van der Waals surface area (Å²) in [7, 11) is 0. The van der Waals surface area contributed by atoms with Crippen LogP contribution in [0.15, 0.2) is 36.5 Å². The number of ether oxygens (including phenoxy) is 1. The lowest BCUT2D eigenvalue weighted by molar-refractivity contribution is -0.119. The molecule has 1 aromatic heterocycles. The Bertz CT molecular complexity index is 714. The molecule has 0 unspecified atom stereocenters. The number of halogens is 1. The van der Waals surface area contributed by atoms with Gasteiger partial charge in [-0.15, -0.1) is 0 Å². The predicted octanol–water partition coefficient (Wildman–Crippen LogP) is 3.40. The molecule has 120 valence electrons. The molecule has 0 bridgehead atoms. The van der Waals surface area contributed by atoms with Crippen LogP contribution < -0.4 is 5.32 Å². The number of anilines is 1. The molecule has 23 heavy (non-hydrogen) atoms. The molecule has 0 spiro atoms. The van der Waals surface area contributed by atoms with Crippen molar-refractivity contribution in [1.29, 1.82) is 0 Å². The number of nitrogens with one attached hydrogen (secondary N) is 1. The number of hydrogen-bond acceptors (Lipinski definition) is 4. The molecule has 0 radical (unpaired) electrons. The van der Waals surface area contributed by atoms with Crippen LogP contribution in [0.25, 0.3) is 0 Å². The summed E-state index contributed by atoms with van der Waals surface area (Å²) in [6.45, 7) is 3.57. The highest BCUT2D eigenvalue weighted by Crippen LogP contribution is 2.20. The second-order valence-electron chi connectivity index (χ2n) is 4.96. The van der Waals surface area contributed by atoms with Gasteiger partial charge in [0, 0.05) is 11.9 Å². The molecule has 2 aromatic rings. The van der Waals surface area contributed by atoms with Crippen molar-refractivity contribution in [3.63, 3.8) is 0 Å². The highest BCUT2D eigenvalue weighted by atomic mass is 35.5. The van der Waals surface area contributed by atoms with Gasteiger partial charge in [0.15, 0.2) is 6.61 Å². The summed E-state index contributed by atoms with van der Waals surface area (Å²) in [5, 5.41) is 3.08. The van der Waals surface area contributed by atoms with Crippen LogP contribution in [0.4, 0.5) is 5.69 Å². The Morgan fingerprint density at radius 2 is 2.04 bits per heavy atom. The number of aromatic nitrogens is 1. The smallest absolute Gasteiger partial charge is 0.340 e. The van der Waals surface area contributed by atoms with E-state index in [2.05, 4.69) is 10.3 Å². The first kappa shape index (κ1) is 17.0. The van der Waals surface area contributed by atoms with Gasteiger partial charge in [-0.2, -0.15) is 0 Å². The van der Waals surface area contributed by atoms with E-state index in [4.69, 9.17) is 16.3 Å². The average Bonchev–Trinajstić information content (AvgIpc) is 2.55. The van der Waals surface area contributed by atoms with Gasteiger partial charge < -0.3 is 10.1 Å². The number of benzene rings is 1. The van der Waals surface area contributed by atoms with Crippen molar-refractivity contribution in [3.05, 3.63) is 58.4 Å². The Morgan fingerprint density at radius 1 is 1.26 bits per heavy atom. The van der Waals surface area contributed by atoms with Crippen molar-refractivity contribution in [3.8, 4) is 0 Å². The monoisotopic (exact) mass is 332 g/mol. The van der Waals surface area contributed by atoms with E-state index in [1.165, 1.54) is 18.3 Å². The number of para-hydroxylation sites is 1. The zero-order valence-electron chi connectivity index (χ0n) is 12.9. The highest BCUT2D eigenvalue weighted by molar-refractivity contribution is 6.29. The van der Waals surface area contributed by atoms with Gasteiger partial charge >= 0.3 is 5.97 Å². The maximum Gasteiger partial charge on any atom is 0.340 e. The number of esters is 1. The molecule has 2 rings (SSSR count). The standard InChI is InChI=1S/C17H17ClN2O3/c1-3-12-6-4-5-11(2)16(12)20-15(21)10-23-17(22)13-7-8-14(18)19-9-13/h4-9H,3,10H2,1-2H3,(H,20,21). The minimum Gasteiger partial charge on any atom is -0.452 e. The SMILES string of the molecule is CCc1cccc(C)c1NC(=O)COC(=O)c1ccc(Cl)nc1. The van der Waals surface area contributed by atoms with Crippen LogP contribution in [-0.2, 0) is 16.0 Å². The summed E-state index contributed by atoms with van der Waals surface area (Å²) < 4.78 is 4.98. The molecule has 0 aliphatic rings. The summed E-state index contributed by atoms with van der Waals surface area (Å²) in [6, 6.07) is 8.79. The van der Waals surface area contributed by atoms with E-state index in [1.807, 2.05) is 32.0 Å². The Labute approximate surface area is 139 Å². The van der Waals surface area contributed by atoms with Crippen molar-refractivity contribution in [2.75, 3.05) is 11.9 Å². The lowest BCUT2D eigenvalue weighted by Crippen LogP contribution is -2.22. The minimum atomic E-state index is -0.621. The zero-order valence-corrected chi connectivity index (χ0v) is 13.7. The van der Waals surface area contributed by atoms with Gasteiger partial charge in [-0.1, -0.05) is 36.7 Å². The van der Waals surface area contributed by atoms with Gasteiger partial charge in [0.2, 0.25) is 0 Å². The summed E-state index contributed by atoms with van der Waals surface area (Å²) in [4.78, 5) is 27.6. The first-order valence-electron chi connectivity index (χ1n) is 7.18. The normalized spacial score (nSPS) is 10.2. The number of pyridine rings is 1. The molecule has 0 aliphatic carbocycles. The number of carbonyl (C=O) groups is 2. The maximum atomic E-state index is 12.0. The van der Waals surface area contributed by atoms with Crippen LogP contribution in [0, 0.1) is 6.92 Å². The Morgan fingerprint density at radius 3 is 2.70 bits per heavy atom. The maximum absolute atomic E-state index is 12.0. The average molecular weight is 333 g/mol. The fourth-order valence-electron chi connectivity index (χ4n) is 2.09. The van der Waals surface area contributed by atoms with Crippen LogP contribution in [0.5, 0.6) is 0 Å². The van der Waals surface area contributed by atoms with Gasteiger partial charge in [-0.3, -0.25) is 4.79 Å². The first-order chi connectivity index (χ1) is 11.0. The van der Waals surface area contributed by atoms with Gasteiger partial charge in [-0.25, -0.2) is 9.78 Å². The van der Waals surface area contributed by atoms with Gasteiger partial charge in [0.05, 0.1) is 5.56 Å². The summed E-state index contributed by atoms with van der Waals surface area (Å²) in [6.07, 6.45) is 2.10. The highest BCUT2D eigenvalue weighted by Gasteiger charge is 2.13. The van der Waals surface area contributed by atoms with Crippen LogP contribution in [0.3, 0.4) is 0 Å². The van der Waals surface area contributed by atoms with Crippen LogP contribution in [-0.4, -0.2) is 23.5 Å². The van der Waals surface area contributed by atoms with Crippen LogP contribution >= 0.6 is 11.6 Å². The fraction of sp³-hybridized carbons (Fsp3) is 0.235. The molecule has 0 fully saturated rings. The predicted molar refractivity (Wildman–Crippen MR) is 88.7 cm³/mol. The number of amides is 1. The van der Waals surface area contributed by atoms with E-state index in [9.17, 15) is 9.59 Å². The van der Waals surface area contributed by atoms with Crippen molar-refractivity contribution in [2.45, 2.75) is 20.3 Å². The molecule has 5 nitrogen and oxygen atoms in total. The summed E-state index contributed by atoms with van der Waals surface area (Å²) in [5.74, 6) is -1.01. The Hall–Kier alpha value is -2.40. The molecule has 0 aliphatic heterocycles. The molecule has 6 heteroatoms. The lowest BCUT2D eigenvalue weighted by atomic mass is 10.1. The molecule has 0 atom stereocenters. The topological polar surface area (TPSA) is 68.3 Å². The summed E-state index contributed by atoms with van der Waals surface area (Å²) in [5.41, 5.74) is 3.01. The first-order valence-corrected chi connectivity index (χ1v) is 7.56. The van der Waals surface area contributed by atoms with Crippen molar-refractivity contribution in [1.82, 2.24) is 4.98 Å². The number of hydrogen-bond donors (Lipinski definition) is 1. The van der Waals surface area contributed by atoms with E-state index in [-0.39, 0.29) is 23.2 Å². The van der Waals surface area contributed by atoms with Gasteiger partial charge in [0.1, 0.15) is 5.15 Å². The molecule has 1 amide bonds. The minimum absolute atomic E-state index is 0.243. The second-order valence-corrected chi connectivity index (χ2v) is 5.34. The third-order valence-electron chi connectivity index (χ3n) is 3.30. The Kier molecular flexibility index (Phi) is 5.71.